The third kappa shape index (κ3) is 4.33. The molecule has 28 heavy (non-hydrogen) atoms. The van der Waals surface area contributed by atoms with Crippen molar-refractivity contribution in [2.75, 3.05) is 12.3 Å². The highest BCUT2D eigenvalue weighted by atomic mass is 79.9. The first-order valence-corrected chi connectivity index (χ1v) is 10.7. The van der Waals surface area contributed by atoms with Gasteiger partial charge in [-0.05, 0) is 24.6 Å². The smallest absolute Gasteiger partial charge is 0.356 e. The van der Waals surface area contributed by atoms with Crippen LogP contribution in [0.1, 0.15) is 25.8 Å². The van der Waals surface area contributed by atoms with E-state index < -0.39 is 5.97 Å². The van der Waals surface area contributed by atoms with Gasteiger partial charge in [0.1, 0.15) is 12.3 Å². The summed E-state index contributed by atoms with van der Waals surface area (Å²) < 4.78 is 6.44. The molecule has 0 radical (unpaired) electrons. The van der Waals surface area contributed by atoms with Crippen LogP contribution in [-0.2, 0) is 25.7 Å². The summed E-state index contributed by atoms with van der Waals surface area (Å²) in [6.45, 7) is 3.94. The molecule has 2 aliphatic rings. The Balaban J connectivity index is 1.70. The van der Waals surface area contributed by atoms with Gasteiger partial charge in [-0.25, -0.2) is 4.79 Å². The summed E-state index contributed by atoms with van der Waals surface area (Å²) in [6.07, 6.45) is 2.41. The van der Waals surface area contributed by atoms with E-state index >= 15 is 0 Å². The summed E-state index contributed by atoms with van der Waals surface area (Å²) >= 11 is 4.86. The number of amides is 2. The number of carbonyl (C=O) groups excluding carboxylic acids is 3. The third-order valence-electron chi connectivity index (χ3n) is 4.56. The van der Waals surface area contributed by atoms with Gasteiger partial charge in [0.05, 0.1) is 6.04 Å². The predicted molar refractivity (Wildman–Crippen MR) is 111 cm³/mol. The van der Waals surface area contributed by atoms with Gasteiger partial charge in [0.15, 0.2) is 0 Å². The Bertz CT molecular complexity index is 863. The van der Waals surface area contributed by atoms with Crippen LogP contribution in [0.4, 0.5) is 0 Å². The SMILES string of the molecule is CC=C1C(=O)N2C(C(=O)OCc3ccc(Br)cc3)=C(SCCNC(C)=O)C[C@H]12. The van der Waals surface area contributed by atoms with Gasteiger partial charge in [-0.15, -0.1) is 11.8 Å². The Hall–Kier alpha value is -2.06. The molecule has 6 nitrogen and oxygen atoms in total. The Morgan fingerprint density at radius 1 is 1.36 bits per heavy atom. The lowest BCUT2D eigenvalue weighted by Gasteiger charge is -2.38. The standard InChI is InChI=1S/C20H21BrN2O4S/c1-3-15-16-10-17(28-9-8-22-12(2)24)18(23(16)19(15)25)20(26)27-11-13-4-6-14(21)7-5-13/h3-7,16H,8-11H2,1-2H3,(H,22,24)/t16-/m1/s1. The summed E-state index contributed by atoms with van der Waals surface area (Å²) in [4.78, 5) is 38.6. The zero-order valence-corrected chi connectivity index (χ0v) is 18.1. The Morgan fingerprint density at radius 3 is 2.71 bits per heavy atom. The van der Waals surface area contributed by atoms with Gasteiger partial charge in [0.25, 0.3) is 5.91 Å². The molecule has 2 aliphatic heterocycles. The summed E-state index contributed by atoms with van der Waals surface area (Å²) in [6, 6.07) is 7.43. The molecule has 1 aromatic carbocycles. The molecular formula is C20H21BrN2O4S. The number of hydrogen-bond donors (Lipinski definition) is 1. The van der Waals surface area contributed by atoms with Crippen LogP contribution in [0.5, 0.6) is 0 Å². The van der Waals surface area contributed by atoms with E-state index in [4.69, 9.17) is 4.74 Å². The van der Waals surface area contributed by atoms with Crippen LogP contribution in [0.3, 0.4) is 0 Å². The Labute approximate surface area is 176 Å². The monoisotopic (exact) mass is 464 g/mol. The summed E-state index contributed by atoms with van der Waals surface area (Å²) in [5.41, 5.74) is 1.94. The van der Waals surface area contributed by atoms with Crippen LogP contribution in [0.25, 0.3) is 0 Å². The van der Waals surface area contributed by atoms with Crippen molar-refractivity contribution in [2.45, 2.75) is 32.9 Å². The number of thioether (sulfide) groups is 1. The molecule has 1 fully saturated rings. The van der Waals surface area contributed by atoms with Gasteiger partial charge in [0.2, 0.25) is 5.91 Å². The molecule has 2 amide bonds. The zero-order chi connectivity index (χ0) is 20.3. The van der Waals surface area contributed by atoms with Gasteiger partial charge in [-0.2, -0.15) is 0 Å². The minimum atomic E-state index is -0.490. The number of allylic oxidation sites excluding steroid dienone is 1. The maximum absolute atomic E-state index is 12.8. The molecule has 0 aromatic heterocycles. The fourth-order valence-electron chi connectivity index (χ4n) is 3.22. The van der Waals surface area contributed by atoms with E-state index in [0.717, 1.165) is 20.5 Å². The minimum absolute atomic E-state index is 0.0870. The van der Waals surface area contributed by atoms with Crippen molar-refractivity contribution in [3.8, 4) is 0 Å². The number of fused-ring (bicyclic) bond motifs is 1. The van der Waals surface area contributed by atoms with Gasteiger partial charge in [-0.3, -0.25) is 14.5 Å². The molecule has 0 saturated carbocycles. The van der Waals surface area contributed by atoms with Crippen molar-refractivity contribution in [2.24, 2.45) is 0 Å². The molecule has 0 spiro atoms. The van der Waals surface area contributed by atoms with E-state index in [1.165, 1.54) is 18.7 Å². The highest BCUT2D eigenvalue weighted by Crippen LogP contribution is 2.45. The number of carbonyl (C=O) groups is 3. The lowest BCUT2D eigenvalue weighted by atomic mass is 9.94. The maximum Gasteiger partial charge on any atom is 0.356 e. The lowest BCUT2D eigenvalue weighted by molar-refractivity contribution is -0.147. The molecular weight excluding hydrogens is 444 g/mol. The van der Waals surface area contributed by atoms with Crippen molar-refractivity contribution in [1.29, 1.82) is 0 Å². The molecule has 0 bridgehead atoms. The highest BCUT2D eigenvalue weighted by Gasteiger charge is 2.51. The maximum atomic E-state index is 12.8. The number of nitrogens with zero attached hydrogens (tertiary/aromatic N) is 1. The Morgan fingerprint density at radius 2 is 2.07 bits per heavy atom. The van der Waals surface area contributed by atoms with Crippen LogP contribution < -0.4 is 5.32 Å². The molecule has 2 heterocycles. The quantitative estimate of drug-likeness (QED) is 0.290. The molecule has 0 unspecified atom stereocenters. The first-order valence-electron chi connectivity index (χ1n) is 8.94. The first kappa shape index (κ1) is 20.7. The number of ether oxygens (including phenoxy) is 1. The fraction of sp³-hybridized carbons (Fsp3) is 0.350. The number of halogens is 1. The lowest BCUT2D eigenvalue weighted by Crippen LogP contribution is -2.52. The largest absolute Gasteiger partial charge is 0.456 e. The molecule has 3 rings (SSSR count). The summed E-state index contributed by atoms with van der Waals surface area (Å²) in [7, 11) is 0. The van der Waals surface area contributed by atoms with Crippen molar-refractivity contribution in [1.82, 2.24) is 10.2 Å². The number of hydrogen-bond acceptors (Lipinski definition) is 5. The van der Waals surface area contributed by atoms with Crippen LogP contribution in [0.2, 0.25) is 0 Å². The number of rotatable bonds is 7. The van der Waals surface area contributed by atoms with Crippen LogP contribution in [0, 0.1) is 0 Å². The van der Waals surface area contributed by atoms with Gasteiger partial charge in [-0.1, -0.05) is 34.1 Å². The van der Waals surface area contributed by atoms with Crippen molar-refractivity contribution in [3.63, 3.8) is 0 Å². The van der Waals surface area contributed by atoms with E-state index in [0.29, 0.717) is 24.4 Å². The van der Waals surface area contributed by atoms with Crippen molar-refractivity contribution >= 4 is 45.5 Å². The molecule has 8 heteroatoms. The van der Waals surface area contributed by atoms with Crippen LogP contribution in [0.15, 0.2) is 51.0 Å². The second-order valence-corrected chi connectivity index (χ2v) is 8.55. The van der Waals surface area contributed by atoms with Crippen LogP contribution >= 0.6 is 27.7 Å². The summed E-state index contributed by atoms with van der Waals surface area (Å²) in [5.74, 6) is -0.0972. The van der Waals surface area contributed by atoms with Crippen molar-refractivity contribution in [3.05, 3.63) is 56.6 Å². The number of benzene rings is 1. The number of esters is 1. The topological polar surface area (TPSA) is 75.7 Å². The summed E-state index contributed by atoms with van der Waals surface area (Å²) in [5, 5.41) is 2.74. The highest BCUT2D eigenvalue weighted by molar-refractivity contribution is 9.10. The van der Waals surface area contributed by atoms with Crippen LogP contribution in [-0.4, -0.2) is 41.0 Å². The minimum Gasteiger partial charge on any atom is -0.456 e. The molecule has 1 aromatic rings. The van der Waals surface area contributed by atoms with Crippen molar-refractivity contribution < 1.29 is 19.1 Å². The molecule has 0 aliphatic carbocycles. The third-order valence-corrected chi connectivity index (χ3v) is 6.21. The van der Waals surface area contributed by atoms with Gasteiger partial charge < -0.3 is 10.1 Å². The Kier molecular flexibility index (Phi) is 6.61. The van der Waals surface area contributed by atoms with E-state index in [2.05, 4.69) is 21.2 Å². The normalized spacial score (nSPS) is 19.5. The first-order chi connectivity index (χ1) is 13.4. The van der Waals surface area contributed by atoms with E-state index in [9.17, 15) is 14.4 Å². The second-order valence-electron chi connectivity index (χ2n) is 6.44. The molecule has 148 valence electrons. The second kappa shape index (κ2) is 8.96. The predicted octanol–water partition coefficient (Wildman–Crippen LogP) is 3.13. The number of β-lactam (4-membered cyclic amide) rings is 1. The average Bonchev–Trinajstić information content (AvgIpc) is 2.99. The van der Waals surface area contributed by atoms with E-state index in [-0.39, 0.29) is 24.5 Å². The average molecular weight is 465 g/mol. The van der Waals surface area contributed by atoms with E-state index in [1.807, 2.05) is 31.2 Å². The van der Waals surface area contributed by atoms with Gasteiger partial charge >= 0.3 is 5.97 Å². The molecule has 1 saturated heterocycles. The molecule has 1 atom stereocenters. The fourth-order valence-corrected chi connectivity index (χ4v) is 4.52. The van der Waals surface area contributed by atoms with Gasteiger partial charge in [0, 0.05) is 40.6 Å². The van der Waals surface area contributed by atoms with E-state index in [1.54, 1.807) is 11.0 Å². The zero-order valence-electron chi connectivity index (χ0n) is 15.7. The number of nitrogens with one attached hydrogen (secondary N) is 1. The molecule has 1 N–H and O–H groups in total.